The number of rotatable bonds is 1. The van der Waals surface area contributed by atoms with Crippen LogP contribution < -0.4 is 0 Å². The van der Waals surface area contributed by atoms with E-state index in [0.717, 1.165) is 28.2 Å². The van der Waals surface area contributed by atoms with Crippen molar-refractivity contribution in [3.63, 3.8) is 0 Å². The van der Waals surface area contributed by atoms with Crippen molar-refractivity contribution in [2.75, 3.05) is 0 Å². The van der Waals surface area contributed by atoms with Crippen molar-refractivity contribution >= 4 is 17.4 Å². The Morgan fingerprint density at radius 2 is 2.05 bits per heavy atom. The summed E-state index contributed by atoms with van der Waals surface area (Å²) in [7, 11) is 0. The van der Waals surface area contributed by atoms with Crippen molar-refractivity contribution < 1.29 is 4.79 Å². The molecule has 0 fully saturated rings. The van der Waals surface area contributed by atoms with E-state index in [-0.39, 0.29) is 11.7 Å². The summed E-state index contributed by atoms with van der Waals surface area (Å²) < 4.78 is 0. The summed E-state index contributed by atoms with van der Waals surface area (Å²) in [6, 6.07) is 7.85. The van der Waals surface area contributed by atoms with Gasteiger partial charge < -0.3 is 0 Å². The topological polar surface area (TPSA) is 17.1 Å². The standard InChI is InChI=1S/C19H15ClO/c20-17-8-4-3-7-14(17)16-11-18(21)19-13-6-2-1-5-12(13)9-10-15(16)19/h1-4,6-10,12,16H,5,11H2. The van der Waals surface area contributed by atoms with Gasteiger partial charge in [-0.05, 0) is 29.2 Å². The summed E-state index contributed by atoms with van der Waals surface area (Å²) in [5, 5.41) is 0.747. The number of fused-ring (bicyclic) bond motifs is 2. The quantitative estimate of drug-likeness (QED) is 0.729. The second kappa shape index (κ2) is 4.85. The molecule has 2 unspecified atom stereocenters. The summed E-state index contributed by atoms with van der Waals surface area (Å²) in [5.74, 6) is 0.721. The Morgan fingerprint density at radius 1 is 1.19 bits per heavy atom. The van der Waals surface area contributed by atoms with Crippen LogP contribution in [0.15, 0.2) is 71.4 Å². The normalized spacial score (nSPS) is 26.7. The van der Waals surface area contributed by atoms with E-state index >= 15 is 0 Å². The third-order valence-electron chi connectivity index (χ3n) is 4.61. The van der Waals surface area contributed by atoms with Crippen molar-refractivity contribution in [1.82, 2.24) is 0 Å². The van der Waals surface area contributed by atoms with Crippen LogP contribution in [0.25, 0.3) is 0 Å². The molecule has 3 aliphatic carbocycles. The van der Waals surface area contributed by atoms with Crippen LogP contribution in [0.2, 0.25) is 5.02 Å². The van der Waals surface area contributed by atoms with Crippen molar-refractivity contribution in [3.05, 3.63) is 82.0 Å². The van der Waals surface area contributed by atoms with Crippen LogP contribution in [0.3, 0.4) is 0 Å². The molecular formula is C19H15ClO. The maximum absolute atomic E-state index is 12.6. The molecule has 0 amide bonds. The Balaban J connectivity index is 1.85. The summed E-state index contributed by atoms with van der Waals surface area (Å²) in [5.41, 5.74) is 4.34. The molecule has 0 radical (unpaired) electrons. The molecule has 0 saturated heterocycles. The molecule has 0 N–H and O–H groups in total. The first-order valence-corrected chi connectivity index (χ1v) is 7.70. The zero-order chi connectivity index (χ0) is 14.4. The molecule has 0 heterocycles. The summed E-state index contributed by atoms with van der Waals surface area (Å²) >= 11 is 6.34. The number of halogens is 1. The Kier molecular flexibility index (Phi) is 2.97. The minimum absolute atomic E-state index is 0.102. The van der Waals surface area contributed by atoms with Crippen LogP contribution in [0.4, 0.5) is 0 Å². The van der Waals surface area contributed by atoms with Gasteiger partial charge in [-0.15, -0.1) is 0 Å². The Bertz CT molecular complexity index is 749. The summed E-state index contributed by atoms with van der Waals surface area (Å²) in [4.78, 5) is 12.6. The molecule has 0 saturated carbocycles. The van der Waals surface area contributed by atoms with E-state index in [1.807, 2.05) is 24.3 Å². The number of carbonyl (C=O) groups excluding carboxylic acids is 1. The molecule has 0 aliphatic heterocycles. The van der Waals surface area contributed by atoms with E-state index in [2.05, 4.69) is 30.4 Å². The van der Waals surface area contributed by atoms with Gasteiger partial charge in [0.15, 0.2) is 5.78 Å². The van der Waals surface area contributed by atoms with Gasteiger partial charge in [-0.3, -0.25) is 4.79 Å². The molecule has 1 aromatic rings. The second-order valence-electron chi connectivity index (χ2n) is 5.78. The highest BCUT2D eigenvalue weighted by Gasteiger charge is 2.38. The first-order valence-electron chi connectivity index (χ1n) is 7.33. The van der Waals surface area contributed by atoms with E-state index < -0.39 is 0 Å². The minimum atomic E-state index is 0.102. The molecule has 2 heteroatoms. The lowest BCUT2D eigenvalue weighted by Gasteiger charge is -2.24. The molecule has 4 rings (SSSR count). The molecule has 0 aromatic heterocycles. The molecule has 0 spiro atoms. The maximum Gasteiger partial charge on any atom is 0.164 e. The van der Waals surface area contributed by atoms with Gasteiger partial charge in [-0.1, -0.05) is 60.2 Å². The van der Waals surface area contributed by atoms with Gasteiger partial charge in [0.2, 0.25) is 0 Å². The van der Waals surface area contributed by atoms with E-state index in [0.29, 0.717) is 12.3 Å². The van der Waals surface area contributed by atoms with Crippen LogP contribution in [-0.2, 0) is 4.79 Å². The molecule has 1 aromatic carbocycles. The monoisotopic (exact) mass is 294 g/mol. The minimum Gasteiger partial charge on any atom is -0.294 e. The smallest absolute Gasteiger partial charge is 0.164 e. The van der Waals surface area contributed by atoms with Crippen molar-refractivity contribution in [1.29, 1.82) is 0 Å². The van der Waals surface area contributed by atoms with E-state index in [1.54, 1.807) is 0 Å². The number of hydrogen-bond acceptors (Lipinski definition) is 1. The van der Waals surface area contributed by atoms with Crippen LogP contribution in [0.1, 0.15) is 24.3 Å². The molecule has 3 aliphatic rings. The lowest BCUT2D eigenvalue weighted by molar-refractivity contribution is -0.114. The van der Waals surface area contributed by atoms with Gasteiger partial charge in [0.25, 0.3) is 0 Å². The lowest BCUT2D eigenvalue weighted by atomic mass is 9.79. The van der Waals surface area contributed by atoms with Crippen LogP contribution in [0, 0.1) is 5.92 Å². The van der Waals surface area contributed by atoms with Crippen LogP contribution >= 0.6 is 11.6 Å². The third kappa shape index (κ3) is 1.96. The SMILES string of the molecule is O=C1CC(c2ccccc2Cl)C2=C1C1=CC=CCC1C=C2. The number of allylic oxidation sites excluding steroid dienone is 8. The molecule has 0 bridgehead atoms. The van der Waals surface area contributed by atoms with Gasteiger partial charge >= 0.3 is 0 Å². The van der Waals surface area contributed by atoms with Gasteiger partial charge in [0, 0.05) is 28.9 Å². The Hall–Kier alpha value is -1.86. The average molecular weight is 295 g/mol. The number of hydrogen-bond donors (Lipinski definition) is 0. The Morgan fingerprint density at radius 3 is 2.90 bits per heavy atom. The summed E-state index contributed by atoms with van der Waals surface area (Å²) in [6.45, 7) is 0. The van der Waals surface area contributed by atoms with E-state index in [1.165, 1.54) is 5.57 Å². The van der Waals surface area contributed by atoms with Gasteiger partial charge in [-0.25, -0.2) is 0 Å². The average Bonchev–Trinajstić information content (AvgIpc) is 2.85. The predicted octanol–water partition coefficient (Wildman–Crippen LogP) is 4.77. The van der Waals surface area contributed by atoms with E-state index in [4.69, 9.17) is 11.6 Å². The number of ketones is 1. The molecule has 1 nitrogen and oxygen atoms in total. The Labute approximate surface area is 129 Å². The van der Waals surface area contributed by atoms with Gasteiger partial charge in [-0.2, -0.15) is 0 Å². The molecular weight excluding hydrogens is 280 g/mol. The van der Waals surface area contributed by atoms with Crippen molar-refractivity contribution in [3.8, 4) is 0 Å². The van der Waals surface area contributed by atoms with Crippen molar-refractivity contribution in [2.24, 2.45) is 5.92 Å². The highest BCUT2D eigenvalue weighted by atomic mass is 35.5. The maximum atomic E-state index is 12.6. The first-order chi connectivity index (χ1) is 10.3. The second-order valence-corrected chi connectivity index (χ2v) is 6.19. The number of Topliss-reactive ketones (excluding diaryl/α,β-unsaturated/α-hetero) is 1. The largest absolute Gasteiger partial charge is 0.294 e. The number of benzene rings is 1. The van der Waals surface area contributed by atoms with Gasteiger partial charge in [0.05, 0.1) is 0 Å². The fourth-order valence-electron chi connectivity index (χ4n) is 3.61. The van der Waals surface area contributed by atoms with Crippen molar-refractivity contribution in [2.45, 2.75) is 18.8 Å². The lowest BCUT2D eigenvalue weighted by Crippen LogP contribution is -2.13. The molecule has 104 valence electrons. The van der Waals surface area contributed by atoms with Gasteiger partial charge in [0.1, 0.15) is 0 Å². The number of carbonyl (C=O) groups is 1. The first kappa shape index (κ1) is 12.8. The van der Waals surface area contributed by atoms with Crippen LogP contribution in [-0.4, -0.2) is 5.78 Å². The third-order valence-corrected chi connectivity index (χ3v) is 4.96. The highest BCUT2D eigenvalue weighted by molar-refractivity contribution is 6.31. The zero-order valence-electron chi connectivity index (χ0n) is 11.6. The zero-order valence-corrected chi connectivity index (χ0v) is 12.3. The molecule has 21 heavy (non-hydrogen) atoms. The molecule has 2 atom stereocenters. The summed E-state index contributed by atoms with van der Waals surface area (Å²) in [6.07, 6.45) is 12.2. The highest BCUT2D eigenvalue weighted by Crippen LogP contribution is 2.47. The predicted molar refractivity (Wildman–Crippen MR) is 85.3 cm³/mol. The fraction of sp³-hybridized carbons (Fsp3) is 0.211. The fourth-order valence-corrected chi connectivity index (χ4v) is 3.88. The van der Waals surface area contributed by atoms with Crippen LogP contribution in [0.5, 0.6) is 0 Å². The van der Waals surface area contributed by atoms with E-state index in [9.17, 15) is 4.79 Å².